The van der Waals surface area contributed by atoms with Crippen LogP contribution in [0.25, 0.3) is 0 Å². The van der Waals surface area contributed by atoms with Crippen LogP contribution in [0.3, 0.4) is 0 Å². The van der Waals surface area contributed by atoms with Crippen molar-refractivity contribution in [1.82, 2.24) is 15.1 Å². The van der Waals surface area contributed by atoms with Crippen molar-refractivity contribution in [3.05, 3.63) is 0 Å². The van der Waals surface area contributed by atoms with E-state index in [1.165, 1.54) is 45.2 Å². The summed E-state index contributed by atoms with van der Waals surface area (Å²) in [6.07, 6.45) is 7.16. The van der Waals surface area contributed by atoms with Gasteiger partial charge in [-0.2, -0.15) is 0 Å². The molecule has 2 aliphatic heterocycles. The predicted octanol–water partition coefficient (Wildman–Crippen LogP) is 2.29. The Morgan fingerprint density at radius 2 is 2.04 bits per heavy atom. The third-order valence-corrected chi connectivity index (χ3v) is 4.80. The number of aliphatic imine (C=N–C) groups is 1. The predicted molar refractivity (Wildman–Crippen MR) is 108 cm³/mol. The number of hydrogen-bond donors (Lipinski definition) is 2. The third kappa shape index (κ3) is 6.74. The first-order valence-electron chi connectivity index (χ1n) is 9.20. The van der Waals surface area contributed by atoms with Gasteiger partial charge < -0.3 is 15.3 Å². The van der Waals surface area contributed by atoms with Gasteiger partial charge in [-0.15, -0.1) is 24.0 Å². The highest BCUT2D eigenvalue weighted by atomic mass is 127. The Hall–Kier alpha value is -0.0800. The first kappa shape index (κ1) is 21.0. The van der Waals surface area contributed by atoms with Crippen LogP contribution in [0.2, 0.25) is 0 Å². The van der Waals surface area contributed by atoms with Crippen molar-refractivity contribution in [3.8, 4) is 0 Å². The minimum absolute atomic E-state index is 0. The molecule has 0 aromatic heterocycles. The Balaban J connectivity index is 0.00000264. The standard InChI is InChI=1S/C17H34N4O.HI/c1-3-5-10-20-11-7-6-8-15(20)13-19-17(18-4-2)21-12-9-16(22)14-21;/h15-16,22H,3-14H2,1-2H3,(H,18,19);1H/t15?,16-;/m1./s1. The van der Waals surface area contributed by atoms with Crippen LogP contribution in [-0.2, 0) is 0 Å². The van der Waals surface area contributed by atoms with E-state index in [1.807, 2.05) is 0 Å². The molecule has 2 rings (SSSR count). The molecular formula is C17H35IN4O. The van der Waals surface area contributed by atoms with E-state index in [1.54, 1.807) is 0 Å². The number of piperidine rings is 1. The number of β-amino-alcohol motifs (C(OH)–C–C–N with tert-alkyl or cyclic N) is 1. The number of guanidine groups is 1. The van der Waals surface area contributed by atoms with Crippen LogP contribution in [-0.4, -0.2) is 72.3 Å². The van der Waals surface area contributed by atoms with Crippen molar-refractivity contribution < 1.29 is 5.11 Å². The molecule has 5 nitrogen and oxygen atoms in total. The fraction of sp³-hybridized carbons (Fsp3) is 0.941. The smallest absolute Gasteiger partial charge is 0.194 e. The van der Waals surface area contributed by atoms with Gasteiger partial charge in [0.1, 0.15) is 0 Å². The summed E-state index contributed by atoms with van der Waals surface area (Å²) < 4.78 is 0. The zero-order valence-corrected chi connectivity index (χ0v) is 17.2. The van der Waals surface area contributed by atoms with Crippen LogP contribution in [0.15, 0.2) is 4.99 Å². The van der Waals surface area contributed by atoms with Crippen LogP contribution in [0, 0.1) is 0 Å². The first-order chi connectivity index (χ1) is 10.7. The van der Waals surface area contributed by atoms with Gasteiger partial charge in [0, 0.05) is 25.7 Å². The van der Waals surface area contributed by atoms with E-state index in [-0.39, 0.29) is 30.1 Å². The molecule has 0 bridgehead atoms. The van der Waals surface area contributed by atoms with Gasteiger partial charge in [0.25, 0.3) is 0 Å². The van der Waals surface area contributed by atoms with Crippen molar-refractivity contribution in [1.29, 1.82) is 0 Å². The maximum Gasteiger partial charge on any atom is 0.194 e. The monoisotopic (exact) mass is 438 g/mol. The Labute approximate surface area is 158 Å². The van der Waals surface area contributed by atoms with E-state index < -0.39 is 0 Å². The van der Waals surface area contributed by atoms with E-state index in [0.29, 0.717) is 6.04 Å². The molecule has 2 saturated heterocycles. The highest BCUT2D eigenvalue weighted by Crippen LogP contribution is 2.18. The van der Waals surface area contributed by atoms with Crippen LogP contribution in [0.5, 0.6) is 0 Å². The Kier molecular flexibility index (Phi) is 10.5. The second-order valence-electron chi connectivity index (χ2n) is 6.62. The summed E-state index contributed by atoms with van der Waals surface area (Å²) >= 11 is 0. The van der Waals surface area contributed by atoms with Crippen LogP contribution in [0.4, 0.5) is 0 Å². The summed E-state index contributed by atoms with van der Waals surface area (Å²) in [5.74, 6) is 0.986. The third-order valence-electron chi connectivity index (χ3n) is 4.80. The summed E-state index contributed by atoms with van der Waals surface area (Å²) in [6.45, 7) is 10.2. The molecule has 0 radical (unpaired) electrons. The normalized spacial score (nSPS) is 26.2. The molecule has 2 heterocycles. The lowest BCUT2D eigenvalue weighted by atomic mass is 10.0. The number of halogens is 1. The average Bonchev–Trinajstić information content (AvgIpc) is 2.96. The molecule has 2 atom stereocenters. The van der Waals surface area contributed by atoms with Gasteiger partial charge >= 0.3 is 0 Å². The van der Waals surface area contributed by atoms with E-state index in [4.69, 9.17) is 4.99 Å². The quantitative estimate of drug-likeness (QED) is 0.380. The lowest BCUT2D eigenvalue weighted by molar-refractivity contribution is 0.151. The van der Waals surface area contributed by atoms with Crippen molar-refractivity contribution in [2.45, 2.75) is 64.5 Å². The highest BCUT2D eigenvalue weighted by Gasteiger charge is 2.25. The molecule has 23 heavy (non-hydrogen) atoms. The van der Waals surface area contributed by atoms with Crippen molar-refractivity contribution in [2.24, 2.45) is 4.99 Å². The number of hydrogen-bond acceptors (Lipinski definition) is 3. The molecule has 0 spiro atoms. The summed E-state index contributed by atoms with van der Waals surface area (Å²) in [6, 6.07) is 0.599. The van der Waals surface area contributed by atoms with Gasteiger partial charge in [-0.1, -0.05) is 19.8 Å². The highest BCUT2D eigenvalue weighted by molar-refractivity contribution is 14.0. The molecule has 1 unspecified atom stereocenters. The summed E-state index contributed by atoms with van der Waals surface area (Å²) in [5, 5.41) is 13.1. The van der Waals surface area contributed by atoms with Gasteiger partial charge in [0.05, 0.1) is 12.6 Å². The van der Waals surface area contributed by atoms with Crippen molar-refractivity contribution in [3.63, 3.8) is 0 Å². The fourth-order valence-corrected chi connectivity index (χ4v) is 3.47. The lowest BCUT2D eigenvalue weighted by Crippen LogP contribution is -2.44. The number of unbranched alkanes of at least 4 members (excludes halogenated alkanes) is 1. The Bertz CT molecular complexity index is 353. The van der Waals surface area contributed by atoms with Gasteiger partial charge in [0.2, 0.25) is 0 Å². The zero-order chi connectivity index (χ0) is 15.8. The molecule has 2 fully saturated rings. The lowest BCUT2D eigenvalue weighted by Gasteiger charge is -2.35. The number of aliphatic hydroxyl groups is 1. The Morgan fingerprint density at radius 1 is 1.22 bits per heavy atom. The molecule has 0 amide bonds. The molecule has 2 N–H and O–H groups in total. The average molecular weight is 438 g/mol. The van der Waals surface area contributed by atoms with Gasteiger partial charge in [0.15, 0.2) is 5.96 Å². The molecule has 136 valence electrons. The number of likely N-dealkylation sites (tertiary alicyclic amines) is 2. The number of aliphatic hydroxyl groups excluding tert-OH is 1. The summed E-state index contributed by atoms with van der Waals surface area (Å²) in [4.78, 5) is 9.73. The number of rotatable bonds is 6. The molecule has 0 aromatic carbocycles. The maximum atomic E-state index is 9.74. The van der Waals surface area contributed by atoms with E-state index in [9.17, 15) is 5.11 Å². The van der Waals surface area contributed by atoms with E-state index in [0.717, 1.165) is 38.6 Å². The summed E-state index contributed by atoms with van der Waals surface area (Å²) in [5.41, 5.74) is 0. The minimum Gasteiger partial charge on any atom is -0.391 e. The minimum atomic E-state index is -0.195. The number of nitrogens with zero attached hydrogens (tertiary/aromatic N) is 3. The van der Waals surface area contributed by atoms with Crippen LogP contribution < -0.4 is 5.32 Å². The second-order valence-corrected chi connectivity index (χ2v) is 6.62. The molecule has 0 aliphatic carbocycles. The molecule has 6 heteroatoms. The first-order valence-corrected chi connectivity index (χ1v) is 9.20. The SMILES string of the molecule is CCCCN1CCCCC1CN=C(NCC)N1CC[C@@H](O)C1.I. The molecule has 2 aliphatic rings. The van der Waals surface area contributed by atoms with Crippen LogP contribution in [0.1, 0.15) is 52.4 Å². The largest absolute Gasteiger partial charge is 0.391 e. The second kappa shape index (κ2) is 11.5. The summed E-state index contributed by atoms with van der Waals surface area (Å²) in [7, 11) is 0. The van der Waals surface area contributed by atoms with Gasteiger partial charge in [-0.3, -0.25) is 9.89 Å². The fourth-order valence-electron chi connectivity index (χ4n) is 3.47. The van der Waals surface area contributed by atoms with E-state index in [2.05, 4.69) is 29.0 Å². The van der Waals surface area contributed by atoms with Gasteiger partial charge in [-0.25, -0.2) is 0 Å². The Morgan fingerprint density at radius 3 is 2.70 bits per heavy atom. The topological polar surface area (TPSA) is 51.1 Å². The van der Waals surface area contributed by atoms with Crippen molar-refractivity contribution in [2.75, 3.05) is 39.3 Å². The molecular weight excluding hydrogens is 403 g/mol. The molecule has 0 saturated carbocycles. The van der Waals surface area contributed by atoms with Crippen LogP contribution >= 0.6 is 24.0 Å². The van der Waals surface area contributed by atoms with Crippen molar-refractivity contribution >= 4 is 29.9 Å². The molecule has 0 aromatic rings. The number of nitrogens with one attached hydrogen (secondary N) is 1. The van der Waals surface area contributed by atoms with Gasteiger partial charge in [-0.05, 0) is 45.7 Å². The van der Waals surface area contributed by atoms with E-state index >= 15 is 0 Å². The maximum absolute atomic E-state index is 9.74. The zero-order valence-electron chi connectivity index (χ0n) is 14.8.